The summed E-state index contributed by atoms with van der Waals surface area (Å²) in [7, 11) is 6.01. The lowest BCUT2D eigenvalue weighted by Gasteiger charge is -2.35. The number of H-pyrrole nitrogens is 1. The SMILES string of the molecule is CN(C)CCCN(C)C(=O)C1CCN(c2ccc(Cl)c(-c3nc4cc(F)ccc4[nH]3)c2)CC1. The molecule has 1 aliphatic heterocycles. The molecule has 0 saturated carbocycles. The lowest BCUT2D eigenvalue weighted by molar-refractivity contribution is -0.134. The quantitative estimate of drug-likeness (QED) is 0.545. The van der Waals surface area contributed by atoms with Gasteiger partial charge in [0, 0.05) is 49.9 Å². The zero-order chi connectivity index (χ0) is 23.5. The fraction of sp³-hybridized carbons (Fsp3) is 0.440. The maximum absolute atomic E-state index is 13.6. The standard InChI is InChI=1S/C25H31ClFN5O/c1-30(2)11-4-12-31(3)25(33)17-9-13-32(14-10-17)19-6-7-21(26)20(16-19)24-28-22-8-5-18(27)15-23(22)29-24/h5-8,15-17H,4,9-14H2,1-3H3,(H,28,29). The molecule has 1 aromatic heterocycles. The van der Waals surface area contributed by atoms with E-state index >= 15 is 0 Å². The second-order valence-electron chi connectivity index (χ2n) is 9.09. The van der Waals surface area contributed by atoms with Crippen molar-refractivity contribution >= 4 is 34.2 Å². The van der Waals surface area contributed by atoms with Gasteiger partial charge in [-0.15, -0.1) is 0 Å². The predicted octanol–water partition coefficient (Wildman–Crippen LogP) is 4.65. The molecule has 1 amide bonds. The smallest absolute Gasteiger partial charge is 0.225 e. The molecule has 0 aliphatic carbocycles. The summed E-state index contributed by atoms with van der Waals surface area (Å²) in [6.45, 7) is 3.40. The Morgan fingerprint density at radius 3 is 2.64 bits per heavy atom. The molecule has 1 saturated heterocycles. The summed E-state index contributed by atoms with van der Waals surface area (Å²) in [5, 5.41) is 0.586. The number of halogens is 2. The molecule has 0 unspecified atom stereocenters. The van der Waals surface area contributed by atoms with Crippen molar-refractivity contribution < 1.29 is 9.18 Å². The average molecular weight is 472 g/mol. The van der Waals surface area contributed by atoms with E-state index < -0.39 is 0 Å². The van der Waals surface area contributed by atoms with Crippen LogP contribution in [-0.2, 0) is 4.79 Å². The highest BCUT2D eigenvalue weighted by Crippen LogP contribution is 2.33. The van der Waals surface area contributed by atoms with Crippen LogP contribution in [0.1, 0.15) is 19.3 Å². The van der Waals surface area contributed by atoms with E-state index in [4.69, 9.17) is 11.6 Å². The van der Waals surface area contributed by atoms with Gasteiger partial charge in [-0.2, -0.15) is 0 Å². The second-order valence-corrected chi connectivity index (χ2v) is 9.50. The topological polar surface area (TPSA) is 55.5 Å². The molecule has 2 heterocycles. The van der Waals surface area contributed by atoms with Crippen LogP contribution < -0.4 is 4.90 Å². The van der Waals surface area contributed by atoms with Gasteiger partial charge >= 0.3 is 0 Å². The lowest BCUT2D eigenvalue weighted by atomic mass is 9.94. The van der Waals surface area contributed by atoms with Gasteiger partial charge in [-0.25, -0.2) is 9.37 Å². The Morgan fingerprint density at radius 1 is 1.15 bits per heavy atom. The number of nitrogens with zero attached hydrogens (tertiary/aromatic N) is 4. The molecule has 3 aromatic rings. The molecular formula is C25H31ClFN5O. The van der Waals surface area contributed by atoms with E-state index in [1.807, 2.05) is 44.2 Å². The average Bonchev–Trinajstić information content (AvgIpc) is 3.21. The van der Waals surface area contributed by atoms with Gasteiger partial charge in [-0.3, -0.25) is 4.79 Å². The molecule has 33 heavy (non-hydrogen) atoms. The lowest BCUT2D eigenvalue weighted by Crippen LogP contribution is -2.41. The Morgan fingerprint density at radius 2 is 1.91 bits per heavy atom. The normalized spacial score (nSPS) is 14.9. The fourth-order valence-corrected chi connectivity index (χ4v) is 4.64. The van der Waals surface area contributed by atoms with E-state index in [1.165, 1.54) is 12.1 Å². The van der Waals surface area contributed by atoms with Gasteiger partial charge in [0.05, 0.1) is 16.1 Å². The van der Waals surface area contributed by atoms with Gasteiger partial charge in [0.2, 0.25) is 5.91 Å². The molecule has 4 rings (SSSR count). The van der Waals surface area contributed by atoms with Crippen LogP contribution in [0.2, 0.25) is 5.02 Å². The highest BCUT2D eigenvalue weighted by atomic mass is 35.5. The molecule has 6 nitrogen and oxygen atoms in total. The number of aromatic amines is 1. The van der Waals surface area contributed by atoms with Gasteiger partial charge in [0.25, 0.3) is 0 Å². The monoisotopic (exact) mass is 471 g/mol. The minimum atomic E-state index is -0.318. The molecule has 0 atom stereocenters. The number of fused-ring (bicyclic) bond motifs is 1. The zero-order valence-electron chi connectivity index (χ0n) is 19.4. The molecule has 0 spiro atoms. The number of anilines is 1. The predicted molar refractivity (Wildman–Crippen MR) is 132 cm³/mol. The number of carbonyl (C=O) groups excluding carboxylic acids is 1. The van der Waals surface area contributed by atoms with Crippen molar-refractivity contribution in [3.63, 3.8) is 0 Å². The second kappa shape index (κ2) is 10.1. The van der Waals surface area contributed by atoms with Crippen LogP contribution in [0.3, 0.4) is 0 Å². The molecule has 1 fully saturated rings. The van der Waals surface area contributed by atoms with Crippen LogP contribution in [0.15, 0.2) is 36.4 Å². The highest BCUT2D eigenvalue weighted by Gasteiger charge is 2.27. The van der Waals surface area contributed by atoms with E-state index in [9.17, 15) is 9.18 Å². The molecule has 2 aromatic carbocycles. The molecule has 8 heteroatoms. The highest BCUT2D eigenvalue weighted by molar-refractivity contribution is 6.33. The van der Waals surface area contributed by atoms with E-state index in [0.717, 1.165) is 62.2 Å². The fourth-order valence-electron chi connectivity index (χ4n) is 4.43. The molecule has 1 aliphatic rings. The van der Waals surface area contributed by atoms with Crippen molar-refractivity contribution in [1.29, 1.82) is 0 Å². The van der Waals surface area contributed by atoms with Gasteiger partial charge in [-0.05, 0) is 70.2 Å². The van der Waals surface area contributed by atoms with Crippen molar-refractivity contribution in [2.75, 3.05) is 52.2 Å². The maximum Gasteiger partial charge on any atom is 0.225 e. The number of aromatic nitrogens is 2. The van der Waals surface area contributed by atoms with E-state index in [2.05, 4.69) is 19.8 Å². The van der Waals surface area contributed by atoms with Gasteiger partial charge in [0.1, 0.15) is 11.6 Å². The number of imidazole rings is 1. The number of benzene rings is 2. The van der Waals surface area contributed by atoms with Crippen molar-refractivity contribution in [3.05, 3.63) is 47.2 Å². The zero-order valence-corrected chi connectivity index (χ0v) is 20.2. The third-order valence-corrected chi connectivity index (χ3v) is 6.66. The molecular weight excluding hydrogens is 441 g/mol. The van der Waals surface area contributed by atoms with Crippen molar-refractivity contribution in [3.8, 4) is 11.4 Å². The molecule has 0 bridgehead atoms. The summed E-state index contributed by atoms with van der Waals surface area (Å²) < 4.78 is 13.6. The first-order valence-corrected chi connectivity index (χ1v) is 11.8. The first kappa shape index (κ1) is 23.5. The largest absolute Gasteiger partial charge is 0.371 e. The molecule has 176 valence electrons. The Bertz CT molecular complexity index is 1120. The summed E-state index contributed by atoms with van der Waals surface area (Å²) in [6, 6.07) is 10.4. The summed E-state index contributed by atoms with van der Waals surface area (Å²) >= 11 is 6.48. The first-order chi connectivity index (χ1) is 15.8. The Hall–Kier alpha value is -2.64. The first-order valence-electron chi connectivity index (χ1n) is 11.4. The van der Waals surface area contributed by atoms with Crippen LogP contribution in [0, 0.1) is 11.7 Å². The summed E-state index contributed by atoms with van der Waals surface area (Å²) in [6.07, 6.45) is 2.65. The number of hydrogen-bond donors (Lipinski definition) is 1. The van der Waals surface area contributed by atoms with Crippen LogP contribution in [0.4, 0.5) is 10.1 Å². The van der Waals surface area contributed by atoms with Crippen LogP contribution in [0.5, 0.6) is 0 Å². The number of piperidine rings is 1. The number of carbonyl (C=O) groups is 1. The Kier molecular flexibility index (Phi) is 7.20. The van der Waals surface area contributed by atoms with E-state index in [1.54, 1.807) is 6.07 Å². The van der Waals surface area contributed by atoms with Gasteiger partial charge < -0.3 is 19.7 Å². The Balaban J connectivity index is 1.42. The van der Waals surface area contributed by atoms with Crippen molar-refractivity contribution in [2.24, 2.45) is 5.92 Å². The number of amides is 1. The molecule has 0 radical (unpaired) electrons. The van der Waals surface area contributed by atoms with Gasteiger partial charge in [-0.1, -0.05) is 11.6 Å². The summed E-state index contributed by atoms with van der Waals surface area (Å²) in [5.41, 5.74) is 3.17. The van der Waals surface area contributed by atoms with Crippen LogP contribution >= 0.6 is 11.6 Å². The van der Waals surface area contributed by atoms with Crippen molar-refractivity contribution in [2.45, 2.75) is 19.3 Å². The van der Waals surface area contributed by atoms with Crippen LogP contribution in [0.25, 0.3) is 22.4 Å². The third kappa shape index (κ3) is 5.47. The number of nitrogens with one attached hydrogen (secondary N) is 1. The number of hydrogen-bond acceptors (Lipinski definition) is 4. The summed E-state index contributed by atoms with van der Waals surface area (Å²) in [5.74, 6) is 0.621. The van der Waals surface area contributed by atoms with E-state index in [-0.39, 0.29) is 17.6 Å². The number of rotatable bonds is 7. The minimum absolute atomic E-state index is 0.0719. The van der Waals surface area contributed by atoms with Gasteiger partial charge in [0.15, 0.2) is 0 Å². The van der Waals surface area contributed by atoms with Crippen LogP contribution in [-0.4, -0.2) is 73.0 Å². The van der Waals surface area contributed by atoms with E-state index in [0.29, 0.717) is 16.4 Å². The molecule has 1 N–H and O–H groups in total. The Labute approximate surface area is 199 Å². The maximum atomic E-state index is 13.6. The van der Waals surface area contributed by atoms with Crippen molar-refractivity contribution in [1.82, 2.24) is 19.8 Å². The summed E-state index contributed by atoms with van der Waals surface area (Å²) in [4.78, 5) is 26.9. The minimum Gasteiger partial charge on any atom is -0.371 e. The third-order valence-electron chi connectivity index (χ3n) is 6.33.